The van der Waals surface area contributed by atoms with Crippen molar-refractivity contribution in [2.75, 3.05) is 6.54 Å². The number of rotatable bonds is 6. The summed E-state index contributed by atoms with van der Waals surface area (Å²) in [4.78, 5) is 3.39. The van der Waals surface area contributed by atoms with Gasteiger partial charge in [0.05, 0.1) is 12.4 Å². The Hall–Kier alpha value is -1.61. The molecule has 102 valence electrons. The van der Waals surface area contributed by atoms with E-state index in [9.17, 15) is 0 Å². The van der Waals surface area contributed by atoms with Crippen LogP contribution in [0.3, 0.4) is 0 Å². The zero-order valence-corrected chi connectivity index (χ0v) is 12.2. The number of fused-ring (bicyclic) bond motifs is 1. The summed E-state index contributed by atoms with van der Waals surface area (Å²) in [6, 6.07) is 6.18. The molecule has 2 aromatic rings. The van der Waals surface area contributed by atoms with Crippen LogP contribution in [-0.2, 0) is 6.54 Å². The van der Waals surface area contributed by atoms with Gasteiger partial charge >= 0.3 is 0 Å². The highest BCUT2D eigenvalue weighted by Gasteiger charge is 2.04. The maximum Gasteiger partial charge on any atom is 0.0915 e. The number of hydrogen-bond acceptors (Lipinski definition) is 2. The topological polar surface area (TPSA) is 39.8 Å². The highest BCUT2D eigenvalue weighted by atomic mass is 35.5. The van der Waals surface area contributed by atoms with Crippen LogP contribution in [0.25, 0.3) is 10.9 Å². The first kappa shape index (κ1) is 13.8. The number of aromatic amines is 1. The number of aromatic nitrogens is 1. The normalized spacial score (nSPS) is 10.7. The van der Waals surface area contributed by atoms with E-state index in [1.54, 1.807) is 0 Å². The first-order chi connectivity index (χ1) is 9.10. The number of H-pyrrole nitrogens is 1. The zero-order chi connectivity index (χ0) is 13.8. The molecule has 0 bridgehead atoms. The Morgan fingerprint density at radius 1 is 1.32 bits per heavy atom. The van der Waals surface area contributed by atoms with E-state index in [1.165, 1.54) is 0 Å². The molecular formula is C15H20ClN3. The first-order valence-corrected chi connectivity index (χ1v) is 6.92. The summed E-state index contributed by atoms with van der Waals surface area (Å²) in [6.07, 6.45) is 1.09. The molecule has 19 heavy (non-hydrogen) atoms. The van der Waals surface area contributed by atoms with Gasteiger partial charge in [-0.15, -0.1) is 0 Å². The third kappa shape index (κ3) is 3.44. The molecule has 1 aromatic heterocycles. The smallest absolute Gasteiger partial charge is 0.0915 e. The maximum absolute atomic E-state index is 6.13. The molecule has 0 saturated carbocycles. The van der Waals surface area contributed by atoms with E-state index >= 15 is 0 Å². The van der Waals surface area contributed by atoms with Crippen LogP contribution in [0, 0.1) is 6.92 Å². The maximum atomic E-state index is 6.13. The van der Waals surface area contributed by atoms with Crippen molar-refractivity contribution < 1.29 is 0 Å². The lowest BCUT2D eigenvalue weighted by molar-refractivity contribution is 0.669. The molecule has 0 aliphatic carbocycles. The largest absolute Gasteiger partial charge is 0.372 e. The van der Waals surface area contributed by atoms with Crippen molar-refractivity contribution in [3.05, 3.63) is 46.9 Å². The van der Waals surface area contributed by atoms with E-state index in [2.05, 4.69) is 41.3 Å². The highest BCUT2D eigenvalue weighted by Crippen LogP contribution is 2.23. The van der Waals surface area contributed by atoms with Crippen molar-refractivity contribution in [3.8, 4) is 0 Å². The molecule has 0 unspecified atom stereocenters. The van der Waals surface area contributed by atoms with Crippen molar-refractivity contribution >= 4 is 22.5 Å². The van der Waals surface area contributed by atoms with Crippen LogP contribution in [0.1, 0.15) is 24.6 Å². The Labute approximate surface area is 119 Å². The van der Waals surface area contributed by atoms with Crippen LogP contribution in [0.4, 0.5) is 0 Å². The van der Waals surface area contributed by atoms with Gasteiger partial charge in [0.1, 0.15) is 0 Å². The summed E-state index contributed by atoms with van der Waals surface area (Å²) in [7, 11) is 0. The SMILES string of the molecule is C=C(NCCC)NCc1cc2cc(Cl)c(C)cc2[nH]1. The van der Waals surface area contributed by atoms with E-state index in [-0.39, 0.29) is 0 Å². The second kappa shape index (κ2) is 6.02. The van der Waals surface area contributed by atoms with Gasteiger partial charge in [-0.05, 0) is 37.1 Å². The highest BCUT2D eigenvalue weighted by molar-refractivity contribution is 6.32. The molecule has 0 atom stereocenters. The summed E-state index contributed by atoms with van der Waals surface area (Å²) in [5.41, 5.74) is 3.33. The van der Waals surface area contributed by atoms with Gasteiger partial charge in [-0.25, -0.2) is 0 Å². The molecule has 0 saturated heterocycles. The molecule has 3 N–H and O–H groups in total. The fourth-order valence-corrected chi connectivity index (χ4v) is 2.13. The van der Waals surface area contributed by atoms with E-state index in [0.29, 0.717) is 0 Å². The van der Waals surface area contributed by atoms with Crippen molar-refractivity contribution in [1.29, 1.82) is 0 Å². The van der Waals surface area contributed by atoms with Gasteiger partial charge in [0.25, 0.3) is 0 Å². The number of hydrogen-bond donors (Lipinski definition) is 3. The summed E-state index contributed by atoms with van der Waals surface area (Å²) in [5, 5.41) is 8.41. The van der Waals surface area contributed by atoms with Crippen LogP contribution in [0.15, 0.2) is 30.6 Å². The summed E-state index contributed by atoms with van der Waals surface area (Å²) >= 11 is 6.13. The lowest BCUT2D eigenvalue weighted by atomic mass is 10.2. The van der Waals surface area contributed by atoms with E-state index in [4.69, 9.17) is 11.6 Å². The van der Waals surface area contributed by atoms with Gasteiger partial charge in [-0.1, -0.05) is 25.1 Å². The summed E-state index contributed by atoms with van der Waals surface area (Å²) in [5.74, 6) is 0.856. The Bertz CT molecular complexity index is 547. The summed E-state index contributed by atoms with van der Waals surface area (Å²) in [6.45, 7) is 9.73. The Kier molecular flexibility index (Phi) is 4.38. The summed E-state index contributed by atoms with van der Waals surface area (Å²) < 4.78 is 0. The van der Waals surface area contributed by atoms with Crippen LogP contribution in [0.2, 0.25) is 5.02 Å². The van der Waals surface area contributed by atoms with E-state index in [0.717, 1.165) is 52.5 Å². The molecular weight excluding hydrogens is 258 g/mol. The van der Waals surface area contributed by atoms with Gasteiger partial charge in [-0.3, -0.25) is 0 Å². The van der Waals surface area contributed by atoms with Gasteiger partial charge in [0, 0.05) is 28.2 Å². The molecule has 3 nitrogen and oxygen atoms in total. The molecule has 0 amide bonds. The van der Waals surface area contributed by atoms with Gasteiger partial charge < -0.3 is 15.6 Å². The van der Waals surface area contributed by atoms with Gasteiger partial charge in [0.15, 0.2) is 0 Å². The quantitative estimate of drug-likeness (QED) is 0.754. The predicted molar refractivity (Wildman–Crippen MR) is 82.3 cm³/mol. The fraction of sp³-hybridized carbons (Fsp3) is 0.333. The zero-order valence-electron chi connectivity index (χ0n) is 11.4. The molecule has 0 aliphatic rings. The van der Waals surface area contributed by atoms with Crippen LogP contribution >= 0.6 is 11.6 Å². The predicted octanol–water partition coefficient (Wildman–Crippen LogP) is 3.69. The van der Waals surface area contributed by atoms with Crippen molar-refractivity contribution in [1.82, 2.24) is 15.6 Å². The fourth-order valence-electron chi connectivity index (χ4n) is 1.96. The van der Waals surface area contributed by atoms with Crippen molar-refractivity contribution in [2.45, 2.75) is 26.8 Å². The Balaban J connectivity index is 2.03. The van der Waals surface area contributed by atoms with Crippen LogP contribution < -0.4 is 10.6 Å². The molecule has 2 rings (SSSR count). The molecule has 0 fully saturated rings. The van der Waals surface area contributed by atoms with Crippen molar-refractivity contribution in [2.24, 2.45) is 0 Å². The molecule has 0 radical (unpaired) electrons. The van der Waals surface area contributed by atoms with E-state index < -0.39 is 0 Å². The van der Waals surface area contributed by atoms with Crippen LogP contribution in [-0.4, -0.2) is 11.5 Å². The Morgan fingerprint density at radius 3 is 2.84 bits per heavy atom. The van der Waals surface area contributed by atoms with Crippen LogP contribution in [0.5, 0.6) is 0 Å². The molecule has 4 heteroatoms. The number of nitrogens with one attached hydrogen (secondary N) is 3. The minimum atomic E-state index is 0.723. The molecule has 1 heterocycles. The van der Waals surface area contributed by atoms with E-state index in [1.807, 2.05) is 13.0 Å². The lowest BCUT2D eigenvalue weighted by Crippen LogP contribution is -2.25. The number of halogens is 1. The second-order valence-corrected chi connectivity index (χ2v) is 5.15. The van der Waals surface area contributed by atoms with Gasteiger partial charge in [-0.2, -0.15) is 0 Å². The molecule has 1 aromatic carbocycles. The van der Waals surface area contributed by atoms with Gasteiger partial charge in [0.2, 0.25) is 0 Å². The standard InChI is InChI=1S/C15H20ClN3/c1-4-5-17-11(3)18-9-13-7-12-8-14(16)10(2)6-15(12)19-13/h6-8,17-19H,3-5,9H2,1-2H3. The minimum Gasteiger partial charge on any atom is -0.372 e. The minimum absolute atomic E-state index is 0.723. The third-order valence-corrected chi connectivity index (χ3v) is 3.44. The number of benzene rings is 1. The second-order valence-electron chi connectivity index (χ2n) is 4.74. The molecule has 0 spiro atoms. The lowest BCUT2D eigenvalue weighted by Gasteiger charge is -2.10. The monoisotopic (exact) mass is 277 g/mol. The third-order valence-electron chi connectivity index (χ3n) is 3.04. The average Bonchev–Trinajstić information content (AvgIpc) is 2.76. The Morgan fingerprint density at radius 2 is 2.11 bits per heavy atom. The molecule has 0 aliphatic heterocycles. The average molecular weight is 278 g/mol. The van der Waals surface area contributed by atoms with Crippen molar-refractivity contribution in [3.63, 3.8) is 0 Å². The first-order valence-electron chi connectivity index (χ1n) is 6.54. The number of aryl methyl sites for hydroxylation is 1.